The van der Waals surface area contributed by atoms with Crippen LogP contribution in [0.25, 0.3) is 10.9 Å². The quantitative estimate of drug-likeness (QED) is 0.708. The molecule has 0 saturated heterocycles. The van der Waals surface area contributed by atoms with E-state index in [2.05, 4.69) is 17.0 Å². The zero-order valence-electron chi connectivity index (χ0n) is 11.4. The van der Waals surface area contributed by atoms with Crippen molar-refractivity contribution < 1.29 is 9.46 Å². The summed E-state index contributed by atoms with van der Waals surface area (Å²) in [6.45, 7) is 4.01. The topological polar surface area (TPSA) is 65.1 Å². The van der Waals surface area contributed by atoms with Crippen molar-refractivity contribution in [3.63, 3.8) is 0 Å². The summed E-state index contributed by atoms with van der Waals surface area (Å²) in [6, 6.07) is 9.86. The largest absolute Gasteiger partial charge is 0.358 e. The first kappa shape index (κ1) is 14.3. The highest BCUT2D eigenvalue weighted by molar-refractivity contribution is 7.55. The molecule has 2 unspecified atom stereocenters. The molecule has 3 N–H and O–H groups in total. The van der Waals surface area contributed by atoms with Crippen molar-refractivity contribution in [3.05, 3.63) is 36.0 Å². The molecule has 4 nitrogen and oxygen atoms in total. The van der Waals surface area contributed by atoms with Crippen LogP contribution < -0.4 is 5.09 Å². The zero-order chi connectivity index (χ0) is 13.9. The molecule has 1 aromatic carbocycles. The second kappa shape index (κ2) is 5.91. The Labute approximate surface area is 113 Å². The predicted molar refractivity (Wildman–Crippen MR) is 79.3 cm³/mol. The van der Waals surface area contributed by atoms with Gasteiger partial charge >= 0.3 is 0 Å². The lowest BCUT2D eigenvalue weighted by Crippen LogP contribution is -2.23. The monoisotopic (exact) mass is 280 g/mol. The molecule has 0 spiro atoms. The van der Waals surface area contributed by atoms with Crippen molar-refractivity contribution in [2.24, 2.45) is 0 Å². The lowest BCUT2D eigenvalue weighted by molar-refractivity contribution is 0.443. The molecule has 1 aromatic heterocycles. The summed E-state index contributed by atoms with van der Waals surface area (Å²) in [5.41, 5.74) is 1.79. The van der Waals surface area contributed by atoms with Crippen molar-refractivity contribution >= 4 is 18.4 Å². The lowest BCUT2D eigenvalue weighted by Gasteiger charge is -2.18. The maximum atomic E-state index is 12.2. The van der Waals surface area contributed by atoms with Gasteiger partial charge in [0.05, 0.1) is 6.16 Å². The van der Waals surface area contributed by atoms with E-state index in [1.807, 2.05) is 37.3 Å². The molecule has 5 heteroatoms. The number of H-pyrrole nitrogens is 1. The Hall–Kier alpha value is -1.09. The van der Waals surface area contributed by atoms with Gasteiger partial charge in [-0.1, -0.05) is 31.5 Å². The molecule has 0 amide bonds. The third kappa shape index (κ3) is 3.93. The average molecular weight is 280 g/mol. The molecule has 2 atom stereocenters. The molecule has 0 fully saturated rings. The first-order valence-electron chi connectivity index (χ1n) is 6.66. The van der Waals surface area contributed by atoms with E-state index in [-0.39, 0.29) is 12.2 Å². The molecule has 2 aromatic rings. The Kier molecular flexibility index (Phi) is 4.46. The van der Waals surface area contributed by atoms with Crippen LogP contribution >= 0.6 is 7.52 Å². The van der Waals surface area contributed by atoms with E-state index in [1.165, 1.54) is 0 Å². The van der Waals surface area contributed by atoms with Gasteiger partial charge in [0, 0.05) is 17.3 Å². The number of aromatic amines is 1. The van der Waals surface area contributed by atoms with Gasteiger partial charge in [-0.2, -0.15) is 0 Å². The van der Waals surface area contributed by atoms with Crippen molar-refractivity contribution in [3.8, 4) is 0 Å². The maximum Gasteiger partial charge on any atom is 0.273 e. The number of rotatable bonds is 6. The standard InChI is InChI=1S/C14H21N2O2P/c1-3-6-11(2)16-19(17,18)10-13-9-12-7-4-5-8-14(12)15-13/h4-5,7-9,11,15H,3,6,10H2,1-2H3,(H2,16,17,18). The van der Waals surface area contributed by atoms with E-state index >= 15 is 0 Å². The second-order valence-electron chi connectivity index (χ2n) is 5.06. The molecule has 2 rings (SSSR count). The fourth-order valence-corrected chi connectivity index (χ4v) is 3.88. The molecule has 0 aliphatic carbocycles. The Balaban J connectivity index is 2.08. The molecular formula is C14H21N2O2P. The van der Waals surface area contributed by atoms with E-state index < -0.39 is 7.52 Å². The molecule has 19 heavy (non-hydrogen) atoms. The van der Waals surface area contributed by atoms with Gasteiger partial charge in [-0.3, -0.25) is 4.57 Å². The van der Waals surface area contributed by atoms with E-state index in [9.17, 15) is 9.46 Å². The van der Waals surface area contributed by atoms with Crippen LogP contribution in [0, 0.1) is 0 Å². The van der Waals surface area contributed by atoms with E-state index in [0.29, 0.717) is 0 Å². The smallest absolute Gasteiger partial charge is 0.273 e. The Bertz CT molecular complexity index is 561. The van der Waals surface area contributed by atoms with Gasteiger partial charge in [0.25, 0.3) is 7.52 Å². The summed E-state index contributed by atoms with van der Waals surface area (Å²) in [6.07, 6.45) is 2.04. The first-order valence-corrected chi connectivity index (χ1v) is 8.51. The predicted octanol–water partition coefficient (Wildman–Crippen LogP) is 3.63. The van der Waals surface area contributed by atoms with Gasteiger partial charge in [-0.25, -0.2) is 5.09 Å². The number of para-hydroxylation sites is 1. The Morgan fingerprint density at radius 1 is 1.42 bits per heavy atom. The van der Waals surface area contributed by atoms with Crippen LogP contribution in [0.15, 0.2) is 30.3 Å². The molecule has 0 aliphatic heterocycles. The third-order valence-electron chi connectivity index (χ3n) is 3.11. The van der Waals surface area contributed by atoms with Crippen molar-refractivity contribution in [2.75, 3.05) is 0 Å². The summed E-state index contributed by atoms with van der Waals surface area (Å²) in [5, 5.41) is 3.91. The number of aromatic nitrogens is 1. The van der Waals surface area contributed by atoms with Crippen LogP contribution in [0.3, 0.4) is 0 Å². The van der Waals surface area contributed by atoms with E-state index in [1.54, 1.807) is 0 Å². The molecule has 1 heterocycles. The lowest BCUT2D eigenvalue weighted by atomic mass is 10.2. The summed E-state index contributed by atoms with van der Waals surface area (Å²) in [7, 11) is -3.34. The van der Waals surface area contributed by atoms with Crippen molar-refractivity contribution in [1.29, 1.82) is 0 Å². The van der Waals surface area contributed by atoms with E-state index in [4.69, 9.17) is 0 Å². The number of nitrogens with one attached hydrogen (secondary N) is 2. The van der Waals surface area contributed by atoms with Gasteiger partial charge in [-0.05, 0) is 30.9 Å². The van der Waals surface area contributed by atoms with Crippen LogP contribution in [0.2, 0.25) is 0 Å². The maximum absolute atomic E-state index is 12.2. The van der Waals surface area contributed by atoms with E-state index in [0.717, 1.165) is 29.4 Å². The SMILES string of the molecule is CCCC(C)NP(=O)(O)Cc1cc2ccccc2[nH]1. The average Bonchev–Trinajstić information content (AvgIpc) is 2.69. The van der Waals surface area contributed by atoms with Crippen molar-refractivity contribution in [1.82, 2.24) is 10.1 Å². The van der Waals surface area contributed by atoms with Crippen LogP contribution in [0.4, 0.5) is 0 Å². The molecule has 0 bridgehead atoms. The third-order valence-corrected chi connectivity index (χ3v) is 4.73. The molecule has 0 aliphatic rings. The van der Waals surface area contributed by atoms with Crippen LogP contribution in [0.1, 0.15) is 32.4 Å². The van der Waals surface area contributed by atoms with Gasteiger partial charge < -0.3 is 9.88 Å². The van der Waals surface area contributed by atoms with Crippen LogP contribution in [0.5, 0.6) is 0 Å². The minimum Gasteiger partial charge on any atom is -0.358 e. The fraction of sp³-hybridized carbons (Fsp3) is 0.429. The zero-order valence-corrected chi connectivity index (χ0v) is 12.3. The highest BCUT2D eigenvalue weighted by atomic mass is 31.2. The van der Waals surface area contributed by atoms with Gasteiger partial charge in [0.15, 0.2) is 0 Å². The minimum atomic E-state index is -3.34. The Morgan fingerprint density at radius 2 is 2.16 bits per heavy atom. The molecular weight excluding hydrogens is 259 g/mol. The minimum absolute atomic E-state index is 0.0604. The molecule has 0 radical (unpaired) electrons. The first-order chi connectivity index (χ1) is 9.00. The number of hydrogen-bond donors (Lipinski definition) is 3. The summed E-state index contributed by atoms with van der Waals surface area (Å²) < 4.78 is 12.2. The molecule has 104 valence electrons. The highest BCUT2D eigenvalue weighted by Gasteiger charge is 2.21. The summed E-state index contributed by atoms with van der Waals surface area (Å²) in [4.78, 5) is 13.2. The van der Waals surface area contributed by atoms with Crippen molar-refractivity contribution in [2.45, 2.75) is 38.9 Å². The normalized spacial score (nSPS) is 16.4. The van der Waals surface area contributed by atoms with Gasteiger partial charge in [0.1, 0.15) is 0 Å². The Morgan fingerprint density at radius 3 is 2.84 bits per heavy atom. The highest BCUT2D eigenvalue weighted by Crippen LogP contribution is 2.41. The van der Waals surface area contributed by atoms with Crippen LogP contribution in [-0.4, -0.2) is 15.9 Å². The summed E-state index contributed by atoms with van der Waals surface area (Å²) in [5.74, 6) is 0. The van der Waals surface area contributed by atoms with Gasteiger partial charge in [0.2, 0.25) is 0 Å². The van der Waals surface area contributed by atoms with Crippen LogP contribution in [-0.2, 0) is 10.7 Å². The summed E-state index contributed by atoms with van der Waals surface area (Å²) >= 11 is 0. The fourth-order valence-electron chi connectivity index (χ4n) is 2.34. The number of benzene rings is 1. The van der Waals surface area contributed by atoms with Gasteiger partial charge in [-0.15, -0.1) is 0 Å². The second-order valence-corrected chi connectivity index (χ2v) is 7.04. The number of fused-ring (bicyclic) bond motifs is 1. The molecule has 0 saturated carbocycles. The number of hydrogen-bond acceptors (Lipinski definition) is 1.